The summed E-state index contributed by atoms with van der Waals surface area (Å²) in [6.07, 6.45) is 4.38. The Morgan fingerprint density at radius 1 is 1.44 bits per heavy atom. The highest BCUT2D eigenvalue weighted by Gasteiger charge is 2.24. The molecule has 4 heteroatoms. The number of carbonyl (C=O) groups excluding carboxylic acids is 1. The Kier molecular flexibility index (Phi) is 3.17. The molecule has 0 unspecified atom stereocenters. The zero-order valence-corrected chi connectivity index (χ0v) is 9.32. The SMILES string of the molecule is CN(c1ncccc1F)C1CCC(=O)CC1. The quantitative estimate of drug-likeness (QED) is 0.768. The average Bonchev–Trinajstić information content (AvgIpc) is 2.30. The first-order valence-electron chi connectivity index (χ1n) is 5.53. The third-order valence-corrected chi connectivity index (χ3v) is 3.13. The zero-order chi connectivity index (χ0) is 11.5. The minimum absolute atomic E-state index is 0.224. The van der Waals surface area contributed by atoms with Crippen LogP contribution in [0.5, 0.6) is 0 Å². The van der Waals surface area contributed by atoms with E-state index in [-0.39, 0.29) is 11.9 Å². The lowest BCUT2D eigenvalue weighted by atomic mass is 9.93. The lowest BCUT2D eigenvalue weighted by Gasteiger charge is -2.31. The van der Waals surface area contributed by atoms with Crippen molar-refractivity contribution in [2.45, 2.75) is 31.7 Å². The lowest BCUT2D eigenvalue weighted by Crippen LogP contribution is -2.36. The second-order valence-corrected chi connectivity index (χ2v) is 4.19. The van der Waals surface area contributed by atoms with Crippen LogP contribution in [0.2, 0.25) is 0 Å². The van der Waals surface area contributed by atoms with Crippen LogP contribution in [0.25, 0.3) is 0 Å². The van der Waals surface area contributed by atoms with Crippen molar-refractivity contribution < 1.29 is 9.18 Å². The van der Waals surface area contributed by atoms with E-state index in [0.717, 1.165) is 12.8 Å². The molecule has 0 spiro atoms. The summed E-state index contributed by atoms with van der Waals surface area (Å²) < 4.78 is 13.5. The van der Waals surface area contributed by atoms with E-state index in [1.807, 2.05) is 11.9 Å². The molecule has 0 radical (unpaired) electrons. The minimum atomic E-state index is -0.304. The van der Waals surface area contributed by atoms with Crippen molar-refractivity contribution in [1.29, 1.82) is 0 Å². The number of hydrogen-bond acceptors (Lipinski definition) is 3. The first-order chi connectivity index (χ1) is 7.68. The number of pyridine rings is 1. The fourth-order valence-corrected chi connectivity index (χ4v) is 2.12. The Hall–Kier alpha value is -1.45. The smallest absolute Gasteiger partial charge is 0.165 e. The monoisotopic (exact) mass is 222 g/mol. The molecule has 3 nitrogen and oxygen atoms in total. The van der Waals surface area contributed by atoms with Crippen molar-refractivity contribution in [3.8, 4) is 0 Å². The maximum absolute atomic E-state index is 13.5. The fourth-order valence-electron chi connectivity index (χ4n) is 2.12. The van der Waals surface area contributed by atoms with Gasteiger partial charge in [-0.15, -0.1) is 0 Å². The summed E-state index contributed by atoms with van der Waals surface area (Å²) >= 11 is 0. The molecular formula is C12H15FN2O. The van der Waals surface area contributed by atoms with E-state index in [1.165, 1.54) is 6.07 Å². The van der Waals surface area contributed by atoms with Crippen LogP contribution < -0.4 is 4.90 Å². The van der Waals surface area contributed by atoms with Crippen molar-refractivity contribution in [1.82, 2.24) is 4.98 Å². The molecule has 16 heavy (non-hydrogen) atoms. The number of rotatable bonds is 2. The van der Waals surface area contributed by atoms with Gasteiger partial charge in [-0.1, -0.05) is 0 Å². The highest BCUT2D eigenvalue weighted by molar-refractivity contribution is 5.79. The van der Waals surface area contributed by atoms with Gasteiger partial charge in [0.2, 0.25) is 0 Å². The number of anilines is 1. The van der Waals surface area contributed by atoms with Crippen LogP contribution in [0.1, 0.15) is 25.7 Å². The van der Waals surface area contributed by atoms with E-state index < -0.39 is 0 Å². The molecule has 0 bridgehead atoms. The summed E-state index contributed by atoms with van der Waals surface area (Å²) in [5, 5.41) is 0. The lowest BCUT2D eigenvalue weighted by molar-refractivity contribution is -0.120. The van der Waals surface area contributed by atoms with Crippen LogP contribution in [0.3, 0.4) is 0 Å². The highest BCUT2D eigenvalue weighted by Crippen LogP contribution is 2.24. The van der Waals surface area contributed by atoms with Gasteiger partial charge in [0.25, 0.3) is 0 Å². The van der Waals surface area contributed by atoms with E-state index in [1.54, 1.807) is 12.3 Å². The number of halogens is 1. The van der Waals surface area contributed by atoms with Crippen molar-refractivity contribution in [3.05, 3.63) is 24.1 Å². The third kappa shape index (κ3) is 2.21. The van der Waals surface area contributed by atoms with Gasteiger partial charge in [0.1, 0.15) is 5.78 Å². The molecule has 0 aromatic carbocycles. The summed E-state index contributed by atoms with van der Waals surface area (Å²) in [5.74, 6) is 0.384. The van der Waals surface area contributed by atoms with E-state index in [2.05, 4.69) is 4.98 Å². The Morgan fingerprint density at radius 2 is 2.12 bits per heavy atom. The van der Waals surface area contributed by atoms with Gasteiger partial charge in [-0.2, -0.15) is 0 Å². The van der Waals surface area contributed by atoms with Gasteiger partial charge in [0.15, 0.2) is 11.6 Å². The first kappa shape index (κ1) is 11.0. The Balaban J connectivity index is 2.10. The molecular weight excluding hydrogens is 207 g/mol. The van der Waals surface area contributed by atoms with Crippen molar-refractivity contribution in [2.75, 3.05) is 11.9 Å². The molecule has 1 heterocycles. The zero-order valence-electron chi connectivity index (χ0n) is 9.32. The summed E-state index contributed by atoms with van der Waals surface area (Å²) in [6.45, 7) is 0. The molecule has 1 fully saturated rings. The van der Waals surface area contributed by atoms with Crippen LogP contribution in [0.4, 0.5) is 10.2 Å². The molecule has 0 N–H and O–H groups in total. The molecule has 1 aromatic rings. The molecule has 0 atom stereocenters. The van der Waals surface area contributed by atoms with Gasteiger partial charge in [0, 0.05) is 32.1 Å². The molecule has 0 saturated heterocycles. The normalized spacial score (nSPS) is 17.5. The summed E-state index contributed by atoms with van der Waals surface area (Å²) in [6, 6.07) is 3.21. The van der Waals surface area contributed by atoms with Crippen molar-refractivity contribution >= 4 is 11.6 Å². The number of Topliss-reactive ketones (excluding diaryl/α,β-unsaturated/α-hetero) is 1. The standard InChI is InChI=1S/C12H15FN2O/c1-15(9-4-6-10(16)7-5-9)12-11(13)3-2-8-14-12/h2-3,8-9H,4-7H2,1H3. The van der Waals surface area contributed by atoms with E-state index in [4.69, 9.17) is 0 Å². The number of carbonyl (C=O) groups is 1. The molecule has 86 valence electrons. The summed E-state index contributed by atoms with van der Waals surface area (Å²) in [4.78, 5) is 17.0. The van der Waals surface area contributed by atoms with Crippen molar-refractivity contribution in [3.63, 3.8) is 0 Å². The van der Waals surface area contributed by atoms with Crippen LogP contribution >= 0.6 is 0 Å². The second-order valence-electron chi connectivity index (χ2n) is 4.19. The Bertz CT molecular complexity index is 384. The molecule has 2 rings (SSSR count). The molecule has 1 aliphatic rings. The van der Waals surface area contributed by atoms with E-state index >= 15 is 0 Å². The number of hydrogen-bond donors (Lipinski definition) is 0. The first-order valence-corrected chi connectivity index (χ1v) is 5.53. The van der Waals surface area contributed by atoms with Crippen LogP contribution in [-0.2, 0) is 4.79 Å². The van der Waals surface area contributed by atoms with Gasteiger partial charge in [0.05, 0.1) is 0 Å². The number of nitrogens with zero attached hydrogens (tertiary/aromatic N) is 2. The van der Waals surface area contributed by atoms with E-state index in [0.29, 0.717) is 24.4 Å². The van der Waals surface area contributed by atoms with Gasteiger partial charge in [-0.3, -0.25) is 4.79 Å². The molecule has 1 aliphatic carbocycles. The average molecular weight is 222 g/mol. The van der Waals surface area contributed by atoms with Crippen LogP contribution in [0, 0.1) is 5.82 Å². The predicted octanol–water partition coefficient (Wildman–Crippen LogP) is 2.17. The fraction of sp³-hybridized carbons (Fsp3) is 0.500. The topological polar surface area (TPSA) is 33.2 Å². The summed E-state index contributed by atoms with van der Waals surface area (Å²) in [7, 11) is 1.84. The maximum Gasteiger partial charge on any atom is 0.165 e. The van der Waals surface area contributed by atoms with Gasteiger partial charge in [-0.05, 0) is 25.0 Å². The molecule has 1 aromatic heterocycles. The number of aromatic nitrogens is 1. The predicted molar refractivity (Wildman–Crippen MR) is 59.9 cm³/mol. The minimum Gasteiger partial charge on any atom is -0.354 e. The highest BCUT2D eigenvalue weighted by atomic mass is 19.1. The van der Waals surface area contributed by atoms with Crippen LogP contribution in [-0.4, -0.2) is 23.9 Å². The Labute approximate surface area is 94.3 Å². The summed E-state index contributed by atoms with van der Waals surface area (Å²) in [5.41, 5.74) is 0. The largest absolute Gasteiger partial charge is 0.354 e. The molecule has 1 saturated carbocycles. The maximum atomic E-state index is 13.5. The number of ketones is 1. The van der Waals surface area contributed by atoms with Crippen molar-refractivity contribution in [2.24, 2.45) is 0 Å². The van der Waals surface area contributed by atoms with Gasteiger partial charge in [-0.25, -0.2) is 9.37 Å². The van der Waals surface area contributed by atoms with Gasteiger partial charge >= 0.3 is 0 Å². The molecule has 0 aliphatic heterocycles. The second kappa shape index (κ2) is 4.60. The third-order valence-electron chi connectivity index (χ3n) is 3.13. The van der Waals surface area contributed by atoms with Crippen LogP contribution in [0.15, 0.2) is 18.3 Å². The van der Waals surface area contributed by atoms with E-state index in [9.17, 15) is 9.18 Å². The Morgan fingerprint density at radius 3 is 2.75 bits per heavy atom. The van der Waals surface area contributed by atoms with Gasteiger partial charge < -0.3 is 4.90 Å². The molecule has 0 amide bonds.